The highest BCUT2D eigenvalue weighted by Gasteiger charge is 2.27. The van der Waals surface area contributed by atoms with Gasteiger partial charge in [0.15, 0.2) is 5.38 Å². The number of halogens is 2. The first-order valence-corrected chi connectivity index (χ1v) is 4.92. The van der Waals surface area contributed by atoms with Gasteiger partial charge in [-0.2, -0.15) is 4.79 Å². The molecule has 1 aliphatic carbocycles. The Morgan fingerprint density at radius 1 is 1.54 bits per heavy atom. The van der Waals surface area contributed by atoms with Gasteiger partial charge in [0.05, 0.1) is 0 Å². The zero-order chi connectivity index (χ0) is 10.0. The van der Waals surface area contributed by atoms with Crippen LogP contribution in [0.1, 0.15) is 0 Å². The van der Waals surface area contributed by atoms with E-state index in [2.05, 4.69) is 20.7 Å². The Labute approximate surface area is 90.4 Å². The average Bonchev–Trinajstić information content (AvgIpc) is 2.09. The van der Waals surface area contributed by atoms with Crippen LogP contribution in [0.4, 0.5) is 0 Å². The maximum Gasteiger partial charge on any atom is 0.314 e. The van der Waals surface area contributed by atoms with Gasteiger partial charge in [-0.3, -0.25) is 0 Å². The summed E-state index contributed by atoms with van der Waals surface area (Å²) < 4.78 is 0.814. The Morgan fingerprint density at radius 3 is 2.62 bits per heavy atom. The lowest BCUT2D eigenvalue weighted by Gasteiger charge is -2.19. The summed E-state index contributed by atoms with van der Waals surface area (Å²) >= 11 is 9.36. The summed E-state index contributed by atoms with van der Waals surface area (Å²) in [7, 11) is 3.84. The number of nitrogens with zero attached hydrogens (tertiary/aromatic N) is 3. The van der Waals surface area contributed by atoms with Crippen molar-refractivity contribution in [3.05, 3.63) is 27.9 Å². The molecule has 0 saturated heterocycles. The number of alkyl halides is 1. The van der Waals surface area contributed by atoms with Crippen LogP contribution in [0.25, 0.3) is 5.53 Å². The summed E-state index contributed by atoms with van der Waals surface area (Å²) in [5.74, 6) is 0. The third-order valence-corrected chi connectivity index (χ3v) is 3.31. The number of hydrogen-bond donors (Lipinski definition) is 0. The van der Waals surface area contributed by atoms with Crippen LogP contribution >= 0.6 is 27.5 Å². The first-order chi connectivity index (χ1) is 6.07. The molecular weight excluding hydrogens is 253 g/mol. The molecule has 0 N–H and O–H groups in total. The van der Waals surface area contributed by atoms with E-state index in [4.69, 9.17) is 17.1 Å². The van der Waals surface area contributed by atoms with E-state index in [1.54, 1.807) is 6.08 Å². The molecule has 0 aromatic carbocycles. The molecule has 0 bridgehead atoms. The summed E-state index contributed by atoms with van der Waals surface area (Å²) in [6.45, 7) is 0. The molecule has 5 heteroatoms. The van der Waals surface area contributed by atoms with Crippen LogP contribution in [0.15, 0.2) is 22.3 Å². The Morgan fingerprint density at radius 2 is 2.15 bits per heavy atom. The van der Waals surface area contributed by atoms with Crippen molar-refractivity contribution in [2.45, 2.75) is 5.38 Å². The zero-order valence-corrected chi connectivity index (χ0v) is 9.67. The third-order valence-electron chi connectivity index (χ3n) is 1.74. The molecule has 0 aromatic heterocycles. The van der Waals surface area contributed by atoms with Crippen molar-refractivity contribution in [2.24, 2.45) is 0 Å². The molecule has 0 heterocycles. The van der Waals surface area contributed by atoms with Crippen LogP contribution in [0.2, 0.25) is 0 Å². The molecule has 0 aliphatic heterocycles. The topological polar surface area (TPSA) is 39.6 Å². The predicted molar refractivity (Wildman–Crippen MR) is 57.0 cm³/mol. The molecule has 0 saturated carbocycles. The molecule has 13 heavy (non-hydrogen) atoms. The van der Waals surface area contributed by atoms with Gasteiger partial charge in [0.2, 0.25) is 0 Å². The quantitative estimate of drug-likeness (QED) is 0.405. The fourth-order valence-electron chi connectivity index (χ4n) is 1.03. The molecule has 1 atom stereocenters. The highest BCUT2D eigenvalue weighted by molar-refractivity contribution is 9.11. The minimum atomic E-state index is -0.410. The standard InChI is InChI=1S/C8H9BrClN3/c1-13(2)6-4-3-5(12-11)8(10)7(6)9/h3-4,8H,1-2H3. The van der Waals surface area contributed by atoms with Crippen molar-refractivity contribution < 1.29 is 4.79 Å². The van der Waals surface area contributed by atoms with Crippen LogP contribution in [0, 0.1) is 0 Å². The number of hydrogen-bond acceptors (Lipinski definition) is 1. The van der Waals surface area contributed by atoms with Crippen molar-refractivity contribution in [2.75, 3.05) is 14.1 Å². The summed E-state index contributed by atoms with van der Waals surface area (Å²) in [5, 5.41) is -0.410. The van der Waals surface area contributed by atoms with Crippen LogP contribution < -0.4 is 0 Å². The van der Waals surface area contributed by atoms with Gasteiger partial charge in [-0.15, -0.1) is 11.6 Å². The lowest BCUT2D eigenvalue weighted by Crippen LogP contribution is -2.23. The predicted octanol–water partition coefficient (Wildman–Crippen LogP) is 2.00. The minimum Gasteiger partial charge on any atom is -0.377 e. The zero-order valence-electron chi connectivity index (χ0n) is 7.33. The monoisotopic (exact) mass is 261 g/mol. The van der Waals surface area contributed by atoms with E-state index >= 15 is 0 Å². The lowest BCUT2D eigenvalue weighted by atomic mass is 10.1. The van der Waals surface area contributed by atoms with E-state index in [1.165, 1.54) is 0 Å². The lowest BCUT2D eigenvalue weighted by molar-refractivity contribution is -0.00522. The van der Waals surface area contributed by atoms with Crippen molar-refractivity contribution >= 4 is 33.2 Å². The molecule has 70 valence electrons. The molecule has 1 unspecified atom stereocenters. The van der Waals surface area contributed by atoms with E-state index in [1.807, 2.05) is 25.1 Å². The Hall–Kier alpha value is -0.570. The average molecular weight is 263 g/mol. The summed E-state index contributed by atoms with van der Waals surface area (Å²) in [6.07, 6.45) is 3.54. The van der Waals surface area contributed by atoms with Crippen molar-refractivity contribution in [3.63, 3.8) is 0 Å². The SMILES string of the molecule is CN(C)C1=C(Br)C(Cl)C(=[N+]=[N-])C=C1. The van der Waals surface area contributed by atoms with Crippen molar-refractivity contribution in [1.29, 1.82) is 0 Å². The Bertz CT molecular complexity index is 326. The second-order valence-corrected chi connectivity index (χ2v) is 4.14. The van der Waals surface area contributed by atoms with E-state index < -0.39 is 5.38 Å². The van der Waals surface area contributed by atoms with Gasteiger partial charge in [-0.05, 0) is 6.08 Å². The molecule has 3 nitrogen and oxygen atoms in total. The fourth-order valence-corrected chi connectivity index (χ4v) is 1.98. The fraction of sp³-hybridized carbons (Fsp3) is 0.375. The summed E-state index contributed by atoms with van der Waals surface area (Å²) in [6, 6.07) is 0. The number of likely N-dealkylation sites (N-methyl/N-ethyl adjacent to an activating group) is 1. The molecule has 0 radical (unpaired) electrons. The maximum atomic E-state index is 8.60. The van der Waals surface area contributed by atoms with Gasteiger partial charge in [0.25, 0.3) is 0 Å². The van der Waals surface area contributed by atoms with E-state index in [0.717, 1.165) is 10.2 Å². The highest BCUT2D eigenvalue weighted by atomic mass is 79.9. The van der Waals surface area contributed by atoms with E-state index in [-0.39, 0.29) is 0 Å². The van der Waals surface area contributed by atoms with Crippen LogP contribution in [0.3, 0.4) is 0 Å². The van der Waals surface area contributed by atoms with E-state index in [9.17, 15) is 0 Å². The van der Waals surface area contributed by atoms with E-state index in [0.29, 0.717) is 5.71 Å². The van der Waals surface area contributed by atoms with Gasteiger partial charge in [-0.25, -0.2) is 0 Å². The maximum absolute atomic E-state index is 8.60. The molecule has 0 spiro atoms. The second kappa shape index (κ2) is 4.09. The first kappa shape index (κ1) is 10.5. The second-order valence-electron chi connectivity index (χ2n) is 2.85. The van der Waals surface area contributed by atoms with Gasteiger partial charge >= 0.3 is 5.71 Å². The van der Waals surface area contributed by atoms with Crippen LogP contribution in [0.5, 0.6) is 0 Å². The Kier molecular flexibility index (Phi) is 3.31. The van der Waals surface area contributed by atoms with Crippen molar-refractivity contribution in [1.82, 2.24) is 4.90 Å². The third kappa shape index (κ3) is 2.02. The van der Waals surface area contributed by atoms with Gasteiger partial charge < -0.3 is 10.4 Å². The number of rotatable bonds is 1. The molecule has 1 rings (SSSR count). The first-order valence-electron chi connectivity index (χ1n) is 3.69. The largest absolute Gasteiger partial charge is 0.377 e. The molecule has 0 fully saturated rings. The smallest absolute Gasteiger partial charge is 0.314 e. The van der Waals surface area contributed by atoms with Gasteiger partial charge in [0, 0.05) is 30.4 Å². The number of allylic oxidation sites excluding steroid dienone is 3. The van der Waals surface area contributed by atoms with Gasteiger partial charge in [-0.1, -0.05) is 15.9 Å². The summed E-state index contributed by atoms with van der Waals surface area (Å²) in [5.41, 5.74) is 10.0. The Balaban J connectivity index is 3.11. The van der Waals surface area contributed by atoms with Crippen LogP contribution in [-0.4, -0.2) is 34.9 Å². The van der Waals surface area contributed by atoms with Crippen LogP contribution in [-0.2, 0) is 0 Å². The van der Waals surface area contributed by atoms with Gasteiger partial charge in [0.1, 0.15) is 0 Å². The summed E-state index contributed by atoms with van der Waals surface area (Å²) in [4.78, 5) is 5.02. The van der Waals surface area contributed by atoms with Crippen molar-refractivity contribution in [3.8, 4) is 0 Å². The molecule has 0 amide bonds. The molecular formula is C8H9BrClN3. The molecule has 0 aromatic rings. The highest BCUT2D eigenvalue weighted by Crippen LogP contribution is 2.27. The minimum absolute atomic E-state index is 0.410. The normalized spacial score (nSPS) is 21.8. The molecule has 1 aliphatic rings.